The predicted molar refractivity (Wildman–Crippen MR) is 93.9 cm³/mol. The lowest BCUT2D eigenvalue weighted by molar-refractivity contribution is 0.355. The van der Waals surface area contributed by atoms with E-state index in [-0.39, 0.29) is 0 Å². The highest BCUT2D eigenvalue weighted by atomic mass is 16.5. The van der Waals surface area contributed by atoms with Gasteiger partial charge in [0, 0.05) is 17.3 Å². The zero-order valence-electron chi connectivity index (χ0n) is 13.5. The van der Waals surface area contributed by atoms with Gasteiger partial charge in [-0.25, -0.2) is 0 Å². The van der Waals surface area contributed by atoms with Crippen LogP contribution in [0.5, 0.6) is 17.2 Å². The van der Waals surface area contributed by atoms with Gasteiger partial charge >= 0.3 is 0 Å². The molecular formula is C18H20N2O3. The minimum atomic E-state index is 0.585. The Morgan fingerprint density at radius 3 is 2.22 bits per heavy atom. The van der Waals surface area contributed by atoms with Crippen LogP contribution in [0.4, 0.5) is 11.4 Å². The molecule has 0 fully saturated rings. The number of ether oxygens (including phenoxy) is 3. The van der Waals surface area contributed by atoms with Crippen LogP contribution < -0.4 is 19.9 Å². The molecule has 2 N–H and O–H groups in total. The second-order valence-electron chi connectivity index (χ2n) is 4.71. The van der Waals surface area contributed by atoms with E-state index in [0.717, 1.165) is 5.56 Å². The Morgan fingerprint density at radius 2 is 1.70 bits per heavy atom. The molecule has 0 spiro atoms. The molecule has 2 rings (SSSR count). The van der Waals surface area contributed by atoms with Crippen molar-refractivity contribution >= 4 is 23.9 Å². The number of nitrogens with zero attached hydrogens (tertiary/aromatic N) is 1. The van der Waals surface area contributed by atoms with E-state index in [1.54, 1.807) is 44.6 Å². The number of allylic oxidation sites excluding steroid dienone is 1. The van der Waals surface area contributed by atoms with Crippen molar-refractivity contribution in [3.8, 4) is 17.2 Å². The molecule has 0 atom stereocenters. The number of nitrogens with two attached hydrogens (primary N) is 1. The number of anilines is 1. The second kappa shape index (κ2) is 7.35. The first-order valence-electron chi connectivity index (χ1n) is 7.05. The standard InChI is InChI=1S/C18H20N2O3/c1-5-16(23-13-8-6-12(19)7-9-13)14-10-17(21-3)18(22-4)11-15(14)20-2/h5-11H,2,19H2,1,3-4H3/b16-5+. The van der Waals surface area contributed by atoms with E-state index in [0.29, 0.717) is 34.4 Å². The third kappa shape index (κ3) is 3.63. The van der Waals surface area contributed by atoms with Crippen LogP contribution in [-0.2, 0) is 0 Å². The minimum Gasteiger partial charge on any atom is -0.493 e. The van der Waals surface area contributed by atoms with E-state index < -0.39 is 0 Å². The van der Waals surface area contributed by atoms with Crippen molar-refractivity contribution in [1.82, 2.24) is 0 Å². The van der Waals surface area contributed by atoms with Gasteiger partial charge in [-0.15, -0.1) is 0 Å². The average Bonchev–Trinajstić information content (AvgIpc) is 2.60. The van der Waals surface area contributed by atoms with Crippen molar-refractivity contribution in [1.29, 1.82) is 0 Å². The number of methoxy groups -OCH3 is 2. The van der Waals surface area contributed by atoms with Crippen molar-refractivity contribution in [2.24, 2.45) is 4.99 Å². The first-order chi connectivity index (χ1) is 11.1. The first-order valence-corrected chi connectivity index (χ1v) is 7.05. The Bertz CT molecular complexity index is 722. The third-order valence-electron chi connectivity index (χ3n) is 3.31. The molecular weight excluding hydrogens is 292 g/mol. The first kappa shape index (κ1) is 16.4. The molecule has 5 heteroatoms. The minimum absolute atomic E-state index is 0.585. The highest BCUT2D eigenvalue weighted by molar-refractivity contribution is 5.76. The van der Waals surface area contributed by atoms with Gasteiger partial charge in [0.2, 0.25) is 0 Å². The van der Waals surface area contributed by atoms with Gasteiger partial charge in [0.05, 0.1) is 19.9 Å². The van der Waals surface area contributed by atoms with E-state index in [1.807, 2.05) is 19.1 Å². The molecule has 0 saturated heterocycles. The second-order valence-corrected chi connectivity index (χ2v) is 4.71. The molecule has 23 heavy (non-hydrogen) atoms. The molecule has 120 valence electrons. The Labute approximate surface area is 136 Å². The maximum Gasteiger partial charge on any atom is 0.162 e. The Kier molecular flexibility index (Phi) is 5.25. The number of rotatable bonds is 6. The highest BCUT2D eigenvalue weighted by Crippen LogP contribution is 2.38. The zero-order valence-corrected chi connectivity index (χ0v) is 13.5. The van der Waals surface area contributed by atoms with E-state index >= 15 is 0 Å². The van der Waals surface area contributed by atoms with Gasteiger partial charge in [-0.05, 0) is 50.0 Å². The van der Waals surface area contributed by atoms with Crippen LogP contribution in [-0.4, -0.2) is 20.9 Å². The highest BCUT2D eigenvalue weighted by Gasteiger charge is 2.15. The summed E-state index contributed by atoms with van der Waals surface area (Å²) in [6, 6.07) is 10.8. The van der Waals surface area contributed by atoms with Crippen molar-refractivity contribution in [3.05, 3.63) is 48.0 Å². The van der Waals surface area contributed by atoms with Crippen LogP contribution in [0.1, 0.15) is 12.5 Å². The van der Waals surface area contributed by atoms with Crippen LogP contribution in [0, 0.1) is 0 Å². The normalized spacial score (nSPS) is 11.0. The van der Waals surface area contributed by atoms with Crippen molar-refractivity contribution < 1.29 is 14.2 Å². The summed E-state index contributed by atoms with van der Waals surface area (Å²) in [4.78, 5) is 4.05. The van der Waals surface area contributed by atoms with Crippen LogP contribution in [0.15, 0.2) is 47.5 Å². The van der Waals surface area contributed by atoms with E-state index in [9.17, 15) is 0 Å². The number of hydrogen-bond acceptors (Lipinski definition) is 5. The topological polar surface area (TPSA) is 66.1 Å². The molecule has 0 heterocycles. The molecule has 2 aromatic carbocycles. The fourth-order valence-corrected chi connectivity index (χ4v) is 2.13. The van der Waals surface area contributed by atoms with Crippen molar-refractivity contribution in [3.63, 3.8) is 0 Å². The van der Waals surface area contributed by atoms with Crippen molar-refractivity contribution in [2.45, 2.75) is 6.92 Å². The van der Waals surface area contributed by atoms with Gasteiger partial charge in [-0.3, -0.25) is 4.99 Å². The average molecular weight is 312 g/mol. The molecule has 5 nitrogen and oxygen atoms in total. The fraction of sp³-hybridized carbons (Fsp3) is 0.167. The van der Waals surface area contributed by atoms with Crippen LogP contribution in [0.2, 0.25) is 0 Å². The Morgan fingerprint density at radius 1 is 1.09 bits per heavy atom. The van der Waals surface area contributed by atoms with Gasteiger partial charge in [0.15, 0.2) is 11.5 Å². The summed E-state index contributed by atoms with van der Waals surface area (Å²) < 4.78 is 16.6. The molecule has 0 aliphatic rings. The van der Waals surface area contributed by atoms with E-state index in [4.69, 9.17) is 19.9 Å². The summed E-state index contributed by atoms with van der Waals surface area (Å²) in [7, 11) is 3.16. The smallest absolute Gasteiger partial charge is 0.162 e. The molecule has 0 saturated carbocycles. The molecule has 0 aliphatic heterocycles. The van der Waals surface area contributed by atoms with Crippen LogP contribution in [0.3, 0.4) is 0 Å². The Balaban J connectivity index is 2.44. The molecule has 0 aliphatic carbocycles. The zero-order chi connectivity index (χ0) is 16.8. The van der Waals surface area contributed by atoms with Crippen LogP contribution >= 0.6 is 0 Å². The predicted octanol–water partition coefficient (Wildman–Crippen LogP) is 4.06. The summed E-state index contributed by atoms with van der Waals surface area (Å²) >= 11 is 0. The monoisotopic (exact) mass is 312 g/mol. The SMILES string of the molecule is C=Nc1cc(OC)c(OC)cc1/C(=C\C)Oc1ccc(N)cc1. The largest absolute Gasteiger partial charge is 0.493 e. The number of nitrogen functional groups attached to an aromatic ring is 1. The lowest BCUT2D eigenvalue weighted by Gasteiger charge is -2.15. The van der Waals surface area contributed by atoms with E-state index in [1.165, 1.54) is 0 Å². The molecule has 0 amide bonds. The maximum absolute atomic E-state index is 5.94. The Hall–Kier alpha value is -2.95. The van der Waals surface area contributed by atoms with Crippen LogP contribution in [0.25, 0.3) is 5.76 Å². The molecule has 0 unspecified atom stereocenters. The lowest BCUT2D eigenvalue weighted by Crippen LogP contribution is -1.98. The maximum atomic E-state index is 5.94. The number of aliphatic imine (C=N–C) groups is 1. The van der Waals surface area contributed by atoms with Gasteiger partial charge in [-0.1, -0.05) is 0 Å². The number of hydrogen-bond donors (Lipinski definition) is 1. The van der Waals surface area contributed by atoms with Gasteiger partial charge < -0.3 is 19.9 Å². The molecule has 0 aromatic heterocycles. The molecule has 0 bridgehead atoms. The summed E-state index contributed by atoms with van der Waals surface area (Å²) in [5.74, 6) is 2.49. The molecule has 2 aromatic rings. The van der Waals surface area contributed by atoms with Gasteiger partial charge in [0.1, 0.15) is 11.5 Å². The lowest BCUT2D eigenvalue weighted by atomic mass is 10.1. The summed E-state index contributed by atoms with van der Waals surface area (Å²) in [6.07, 6.45) is 1.85. The third-order valence-corrected chi connectivity index (χ3v) is 3.31. The van der Waals surface area contributed by atoms with Gasteiger partial charge in [-0.2, -0.15) is 0 Å². The molecule has 0 radical (unpaired) electrons. The quantitative estimate of drug-likeness (QED) is 0.496. The summed E-state index contributed by atoms with van der Waals surface area (Å²) in [5.41, 5.74) is 7.78. The number of benzene rings is 2. The fourth-order valence-electron chi connectivity index (χ4n) is 2.13. The summed E-state index contributed by atoms with van der Waals surface area (Å²) in [5, 5.41) is 0. The van der Waals surface area contributed by atoms with Gasteiger partial charge in [0.25, 0.3) is 0 Å². The van der Waals surface area contributed by atoms with Crippen molar-refractivity contribution in [2.75, 3.05) is 20.0 Å². The summed E-state index contributed by atoms with van der Waals surface area (Å²) in [6.45, 7) is 5.50. The van der Waals surface area contributed by atoms with E-state index in [2.05, 4.69) is 11.7 Å².